The first-order valence-electron chi connectivity index (χ1n) is 9.99. The molecule has 0 aliphatic rings. The lowest BCUT2D eigenvalue weighted by atomic mass is 10.1. The molecule has 4 rings (SSSR count). The van der Waals surface area contributed by atoms with E-state index in [0.717, 1.165) is 6.42 Å². The highest BCUT2D eigenvalue weighted by Gasteiger charge is 2.16. The van der Waals surface area contributed by atoms with E-state index in [-0.39, 0.29) is 5.91 Å². The lowest BCUT2D eigenvalue weighted by Gasteiger charge is -2.13. The minimum atomic E-state index is -0.291. The lowest BCUT2D eigenvalue weighted by Crippen LogP contribution is -2.17. The predicted octanol–water partition coefficient (Wildman–Crippen LogP) is 4.51. The molecule has 0 saturated heterocycles. The zero-order valence-corrected chi connectivity index (χ0v) is 17.2. The molecule has 156 valence electrons. The van der Waals surface area contributed by atoms with Crippen LogP contribution in [0.15, 0.2) is 85.2 Å². The van der Waals surface area contributed by atoms with E-state index in [9.17, 15) is 4.79 Å². The summed E-state index contributed by atoms with van der Waals surface area (Å²) in [7, 11) is 1.80. The maximum atomic E-state index is 13.0. The van der Waals surface area contributed by atoms with Crippen LogP contribution in [0.1, 0.15) is 15.9 Å². The van der Waals surface area contributed by atoms with Gasteiger partial charge in [-0.1, -0.05) is 48.5 Å². The number of carbonyl (C=O) groups excluding carboxylic acids is 1. The fourth-order valence-corrected chi connectivity index (χ4v) is 3.08. The Kier molecular flexibility index (Phi) is 6.23. The molecule has 0 saturated carbocycles. The van der Waals surface area contributed by atoms with Gasteiger partial charge in [-0.05, 0) is 24.1 Å². The first-order chi connectivity index (χ1) is 15.2. The van der Waals surface area contributed by atoms with E-state index in [1.54, 1.807) is 36.3 Å². The maximum absolute atomic E-state index is 13.0. The van der Waals surface area contributed by atoms with Crippen LogP contribution in [0.2, 0.25) is 0 Å². The molecule has 0 unspecified atom stereocenters. The third-order valence-electron chi connectivity index (χ3n) is 4.62. The fraction of sp³-hybridized carbons (Fsp3) is 0.125. The van der Waals surface area contributed by atoms with Gasteiger partial charge in [0.2, 0.25) is 5.88 Å². The summed E-state index contributed by atoms with van der Waals surface area (Å²) < 4.78 is 7.44. The number of benzene rings is 2. The van der Waals surface area contributed by atoms with Gasteiger partial charge in [0.15, 0.2) is 5.82 Å². The van der Waals surface area contributed by atoms with Crippen LogP contribution in [0.4, 0.5) is 11.5 Å². The summed E-state index contributed by atoms with van der Waals surface area (Å²) in [6.07, 6.45) is 4.21. The van der Waals surface area contributed by atoms with Gasteiger partial charge in [-0.15, -0.1) is 0 Å². The number of anilines is 2. The number of nitrogens with one attached hydrogen (secondary N) is 2. The molecule has 0 aliphatic carbocycles. The van der Waals surface area contributed by atoms with Crippen molar-refractivity contribution in [1.82, 2.24) is 14.8 Å². The second kappa shape index (κ2) is 9.58. The van der Waals surface area contributed by atoms with E-state index in [0.29, 0.717) is 35.2 Å². The molecule has 1 amide bonds. The third-order valence-corrected chi connectivity index (χ3v) is 4.62. The van der Waals surface area contributed by atoms with Crippen LogP contribution in [0.3, 0.4) is 0 Å². The smallest absolute Gasteiger partial charge is 0.259 e. The molecule has 0 spiro atoms. The molecule has 2 aromatic heterocycles. The monoisotopic (exact) mass is 413 g/mol. The third kappa shape index (κ3) is 5.48. The summed E-state index contributed by atoms with van der Waals surface area (Å²) in [5, 5.41) is 10.4. The molecular formula is C24H23N5O2. The maximum Gasteiger partial charge on any atom is 0.259 e. The molecule has 7 heteroatoms. The summed E-state index contributed by atoms with van der Waals surface area (Å²) in [5.41, 5.74) is 2.27. The van der Waals surface area contributed by atoms with Crippen molar-refractivity contribution in [2.75, 3.05) is 17.2 Å². The number of para-hydroxylation sites is 1. The Labute approximate surface area is 180 Å². The fourth-order valence-electron chi connectivity index (χ4n) is 3.08. The van der Waals surface area contributed by atoms with Crippen molar-refractivity contribution in [2.45, 2.75) is 6.42 Å². The van der Waals surface area contributed by atoms with Gasteiger partial charge >= 0.3 is 0 Å². The van der Waals surface area contributed by atoms with Gasteiger partial charge in [0.25, 0.3) is 5.91 Å². The number of hydrogen-bond donors (Lipinski definition) is 2. The Morgan fingerprint density at radius 3 is 2.48 bits per heavy atom. The van der Waals surface area contributed by atoms with Gasteiger partial charge in [0, 0.05) is 31.9 Å². The van der Waals surface area contributed by atoms with Crippen molar-refractivity contribution in [1.29, 1.82) is 0 Å². The van der Waals surface area contributed by atoms with E-state index < -0.39 is 0 Å². The number of hydrogen-bond acceptors (Lipinski definition) is 5. The lowest BCUT2D eigenvalue weighted by molar-refractivity contribution is 0.102. The van der Waals surface area contributed by atoms with Gasteiger partial charge in [-0.2, -0.15) is 5.10 Å². The average molecular weight is 413 g/mol. The van der Waals surface area contributed by atoms with E-state index in [1.165, 1.54) is 5.56 Å². The van der Waals surface area contributed by atoms with Crippen LogP contribution < -0.4 is 15.4 Å². The number of carbonyl (C=O) groups is 1. The Morgan fingerprint density at radius 2 is 1.77 bits per heavy atom. The summed E-state index contributed by atoms with van der Waals surface area (Å²) in [6, 6.07) is 22.9. The first-order valence-corrected chi connectivity index (χ1v) is 9.99. The van der Waals surface area contributed by atoms with Crippen molar-refractivity contribution in [2.24, 2.45) is 7.05 Å². The Bertz CT molecular complexity index is 1140. The summed E-state index contributed by atoms with van der Waals surface area (Å²) >= 11 is 0. The van der Waals surface area contributed by atoms with Crippen LogP contribution in [-0.4, -0.2) is 27.2 Å². The molecule has 0 atom stereocenters. The van der Waals surface area contributed by atoms with Gasteiger partial charge in [-0.3, -0.25) is 9.48 Å². The van der Waals surface area contributed by atoms with Crippen LogP contribution >= 0.6 is 0 Å². The zero-order valence-electron chi connectivity index (χ0n) is 17.2. The average Bonchev–Trinajstić information content (AvgIpc) is 3.20. The van der Waals surface area contributed by atoms with E-state index in [2.05, 4.69) is 32.8 Å². The predicted molar refractivity (Wildman–Crippen MR) is 121 cm³/mol. The molecule has 2 N–H and O–H groups in total. The summed E-state index contributed by atoms with van der Waals surface area (Å²) in [5.74, 6) is 1.17. The van der Waals surface area contributed by atoms with E-state index in [1.807, 2.05) is 48.5 Å². The highest BCUT2D eigenvalue weighted by molar-refractivity contribution is 6.07. The van der Waals surface area contributed by atoms with Crippen molar-refractivity contribution < 1.29 is 9.53 Å². The van der Waals surface area contributed by atoms with E-state index >= 15 is 0 Å². The number of amides is 1. The normalized spacial score (nSPS) is 10.5. The molecule has 2 aromatic carbocycles. The number of nitrogens with zero attached hydrogens (tertiary/aromatic N) is 3. The number of ether oxygens (including phenoxy) is 1. The highest BCUT2D eigenvalue weighted by atomic mass is 16.5. The summed E-state index contributed by atoms with van der Waals surface area (Å²) in [6.45, 7) is 0.661. The second-order valence-electron chi connectivity index (χ2n) is 6.97. The number of aromatic nitrogens is 3. The topological polar surface area (TPSA) is 81.1 Å². The molecule has 31 heavy (non-hydrogen) atoms. The molecule has 0 radical (unpaired) electrons. The van der Waals surface area contributed by atoms with Crippen LogP contribution in [0.5, 0.6) is 11.6 Å². The quantitative estimate of drug-likeness (QED) is 0.444. The standard InChI is InChI=1S/C24H23N5O2/c1-29-15-13-22(28-29)27-24(30)20-16-23(31-19-10-6-3-7-11-19)26-17-21(20)25-14-12-18-8-4-2-5-9-18/h2-11,13,15-17,25H,12,14H2,1H3,(H,27,28,30). The van der Waals surface area contributed by atoms with Gasteiger partial charge in [-0.25, -0.2) is 4.98 Å². The minimum absolute atomic E-state index is 0.291. The zero-order chi connectivity index (χ0) is 21.5. The Hall–Kier alpha value is -4.13. The molecule has 7 nitrogen and oxygen atoms in total. The van der Waals surface area contributed by atoms with Gasteiger partial charge in [0.1, 0.15) is 5.75 Å². The number of rotatable bonds is 8. The second-order valence-corrected chi connectivity index (χ2v) is 6.97. The van der Waals surface area contributed by atoms with Crippen molar-refractivity contribution >= 4 is 17.4 Å². The Balaban J connectivity index is 1.54. The van der Waals surface area contributed by atoms with Crippen LogP contribution in [-0.2, 0) is 13.5 Å². The van der Waals surface area contributed by atoms with Gasteiger partial charge in [0.05, 0.1) is 17.4 Å². The van der Waals surface area contributed by atoms with Crippen molar-refractivity contribution in [3.8, 4) is 11.6 Å². The molecule has 4 aromatic rings. The molecular weight excluding hydrogens is 390 g/mol. The number of pyridine rings is 1. The molecule has 0 fully saturated rings. The SMILES string of the molecule is Cn1ccc(NC(=O)c2cc(Oc3ccccc3)ncc2NCCc2ccccc2)n1. The van der Waals surface area contributed by atoms with Crippen LogP contribution in [0, 0.1) is 0 Å². The van der Waals surface area contributed by atoms with Gasteiger partial charge < -0.3 is 15.4 Å². The van der Waals surface area contributed by atoms with Crippen molar-refractivity contribution in [3.63, 3.8) is 0 Å². The van der Waals surface area contributed by atoms with Crippen molar-refractivity contribution in [3.05, 3.63) is 96.3 Å². The first kappa shape index (κ1) is 20.2. The minimum Gasteiger partial charge on any atom is -0.439 e. The Morgan fingerprint density at radius 1 is 1.03 bits per heavy atom. The molecule has 0 aliphatic heterocycles. The largest absolute Gasteiger partial charge is 0.439 e. The number of aryl methyl sites for hydroxylation is 1. The summed E-state index contributed by atoms with van der Waals surface area (Å²) in [4.78, 5) is 17.4. The van der Waals surface area contributed by atoms with E-state index in [4.69, 9.17) is 4.74 Å². The van der Waals surface area contributed by atoms with Crippen LogP contribution in [0.25, 0.3) is 0 Å². The molecule has 0 bridgehead atoms. The molecule has 2 heterocycles. The highest BCUT2D eigenvalue weighted by Crippen LogP contribution is 2.25.